The highest BCUT2D eigenvalue weighted by atomic mass is 16.2. The van der Waals surface area contributed by atoms with Crippen molar-refractivity contribution in [3.05, 3.63) is 35.9 Å². The number of nitrogens with one attached hydrogen (secondary N) is 1. The summed E-state index contributed by atoms with van der Waals surface area (Å²) in [4.78, 5) is 28.1. The lowest BCUT2D eigenvalue weighted by molar-refractivity contribution is -0.134. The van der Waals surface area contributed by atoms with Gasteiger partial charge in [0.15, 0.2) is 0 Å². The minimum Gasteiger partial charge on any atom is -0.352 e. The minimum atomic E-state index is -0.113. The largest absolute Gasteiger partial charge is 0.352 e. The molecule has 126 valence electrons. The van der Waals surface area contributed by atoms with Gasteiger partial charge in [0.1, 0.15) is 0 Å². The first-order valence-electron chi connectivity index (χ1n) is 8.26. The zero-order chi connectivity index (χ0) is 16.8. The Morgan fingerprint density at radius 1 is 1.22 bits per heavy atom. The zero-order valence-corrected chi connectivity index (χ0v) is 14.3. The fraction of sp³-hybridized carbons (Fsp3) is 0.556. The van der Waals surface area contributed by atoms with Crippen LogP contribution in [-0.2, 0) is 16.1 Å². The van der Waals surface area contributed by atoms with Crippen molar-refractivity contribution in [2.75, 3.05) is 27.2 Å². The van der Waals surface area contributed by atoms with Crippen molar-refractivity contribution in [2.24, 2.45) is 5.92 Å². The molecule has 1 N–H and O–H groups in total. The van der Waals surface area contributed by atoms with Gasteiger partial charge in [-0.15, -0.1) is 0 Å². The number of amides is 2. The number of likely N-dealkylation sites (N-methyl/N-ethyl adjacent to an activating group) is 1. The second-order valence-electron chi connectivity index (χ2n) is 6.42. The quantitative estimate of drug-likeness (QED) is 0.895. The van der Waals surface area contributed by atoms with Crippen LogP contribution in [0.5, 0.6) is 0 Å². The molecule has 1 heterocycles. The van der Waals surface area contributed by atoms with Crippen LogP contribution in [0.2, 0.25) is 0 Å². The van der Waals surface area contributed by atoms with Gasteiger partial charge in [0.2, 0.25) is 11.8 Å². The molecule has 1 unspecified atom stereocenters. The second kappa shape index (κ2) is 8.11. The molecule has 0 aromatic heterocycles. The number of hydrogen-bond acceptors (Lipinski definition) is 3. The number of rotatable bonds is 5. The molecule has 1 aliphatic rings. The summed E-state index contributed by atoms with van der Waals surface area (Å²) in [5.74, 6) is 0.300. The maximum atomic E-state index is 12.3. The fourth-order valence-electron chi connectivity index (χ4n) is 3.01. The maximum absolute atomic E-state index is 12.3. The highest BCUT2D eigenvalue weighted by Gasteiger charge is 2.30. The van der Waals surface area contributed by atoms with Crippen LogP contribution in [0.15, 0.2) is 30.3 Å². The Morgan fingerprint density at radius 3 is 2.39 bits per heavy atom. The van der Waals surface area contributed by atoms with Gasteiger partial charge in [0.25, 0.3) is 0 Å². The van der Waals surface area contributed by atoms with E-state index in [4.69, 9.17) is 0 Å². The van der Waals surface area contributed by atoms with E-state index < -0.39 is 0 Å². The van der Waals surface area contributed by atoms with E-state index in [0.29, 0.717) is 6.54 Å². The van der Waals surface area contributed by atoms with Crippen molar-refractivity contribution in [3.8, 4) is 0 Å². The van der Waals surface area contributed by atoms with E-state index in [1.165, 1.54) is 0 Å². The van der Waals surface area contributed by atoms with E-state index >= 15 is 0 Å². The van der Waals surface area contributed by atoms with Crippen molar-refractivity contribution >= 4 is 11.8 Å². The van der Waals surface area contributed by atoms with Gasteiger partial charge in [-0.05, 0) is 38.4 Å². The lowest BCUT2D eigenvalue weighted by atomic mass is 9.94. The highest BCUT2D eigenvalue weighted by Crippen LogP contribution is 2.20. The molecule has 0 saturated carbocycles. The molecule has 0 radical (unpaired) electrons. The molecule has 1 aromatic carbocycles. The van der Waals surface area contributed by atoms with E-state index in [0.717, 1.165) is 31.5 Å². The van der Waals surface area contributed by atoms with Gasteiger partial charge in [-0.1, -0.05) is 30.3 Å². The van der Waals surface area contributed by atoms with Gasteiger partial charge >= 0.3 is 0 Å². The molecule has 1 aliphatic heterocycles. The molecule has 1 fully saturated rings. The summed E-state index contributed by atoms with van der Waals surface area (Å²) in [6.45, 7) is 4.11. The van der Waals surface area contributed by atoms with Gasteiger partial charge in [-0.3, -0.25) is 14.5 Å². The lowest BCUT2D eigenvalue weighted by Gasteiger charge is -2.35. The van der Waals surface area contributed by atoms with Crippen LogP contribution in [0.4, 0.5) is 0 Å². The van der Waals surface area contributed by atoms with Crippen LogP contribution in [-0.4, -0.2) is 54.8 Å². The molecule has 2 rings (SSSR count). The predicted octanol–water partition coefficient (Wildman–Crippen LogP) is 1.49. The molecular formula is C18H27N3O2. The number of likely N-dealkylation sites (tertiary alicyclic amines) is 1. The normalized spacial score (nSPS) is 17.5. The van der Waals surface area contributed by atoms with E-state index in [1.54, 1.807) is 19.0 Å². The smallest absolute Gasteiger partial charge is 0.239 e. The first-order chi connectivity index (χ1) is 11.0. The molecule has 0 bridgehead atoms. The molecular weight excluding hydrogens is 290 g/mol. The standard InChI is InChI=1S/C18H27N3O2/c1-14(18(23)20(2)3)21-11-9-16(10-12-21)17(22)19-13-15-7-5-4-6-8-15/h4-8,14,16H,9-13H2,1-3H3,(H,19,22). The van der Waals surface area contributed by atoms with Gasteiger partial charge < -0.3 is 10.2 Å². The molecule has 0 spiro atoms. The molecule has 0 aliphatic carbocycles. The highest BCUT2D eigenvalue weighted by molar-refractivity contribution is 5.81. The van der Waals surface area contributed by atoms with Crippen molar-refractivity contribution in [3.63, 3.8) is 0 Å². The molecule has 2 amide bonds. The Morgan fingerprint density at radius 2 is 1.83 bits per heavy atom. The molecule has 23 heavy (non-hydrogen) atoms. The maximum Gasteiger partial charge on any atom is 0.239 e. The fourth-order valence-corrected chi connectivity index (χ4v) is 3.01. The van der Waals surface area contributed by atoms with E-state index in [-0.39, 0.29) is 23.8 Å². The summed E-state index contributed by atoms with van der Waals surface area (Å²) in [7, 11) is 3.56. The summed E-state index contributed by atoms with van der Waals surface area (Å²) >= 11 is 0. The average molecular weight is 317 g/mol. The van der Waals surface area contributed by atoms with E-state index in [9.17, 15) is 9.59 Å². The third kappa shape index (κ3) is 4.79. The number of carbonyl (C=O) groups excluding carboxylic acids is 2. The van der Waals surface area contributed by atoms with E-state index in [1.807, 2.05) is 37.3 Å². The van der Waals surface area contributed by atoms with Crippen molar-refractivity contribution in [2.45, 2.75) is 32.4 Å². The number of benzene rings is 1. The summed E-state index contributed by atoms with van der Waals surface area (Å²) < 4.78 is 0. The van der Waals surface area contributed by atoms with Gasteiger partial charge in [-0.2, -0.15) is 0 Å². The van der Waals surface area contributed by atoms with E-state index in [2.05, 4.69) is 10.2 Å². The van der Waals surface area contributed by atoms with Crippen molar-refractivity contribution in [1.29, 1.82) is 0 Å². The second-order valence-corrected chi connectivity index (χ2v) is 6.42. The number of nitrogens with zero attached hydrogens (tertiary/aromatic N) is 2. The monoisotopic (exact) mass is 317 g/mol. The third-order valence-corrected chi connectivity index (χ3v) is 4.56. The third-order valence-electron chi connectivity index (χ3n) is 4.56. The SMILES string of the molecule is CC(C(=O)N(C)C)N1CCC(C(=O)NCc2ccccc2)CC1. The summed E-state index contributed by atoms with van der Waals surface area (Å²) in [6, 6.07) is 9.83. The van der Waals surface area contributed by atoms with Gasteiger partial charge in [-0.25, -0.2) is 0 Å². The first kappa shape index (κ1) is 17.5. The van der Waals surface area contributed by atoms with Crippen LogP contribution < -0.4 is 5.32 Å². The van der Waals surface area contributed by atoms with Crippen LogP contribution in [0, 0.1) is 5.92 Å². The molecule has 5 nitrogen and oxygen atoms in total. The number of carbonyl (C=O) groups is 2. The number of piperidine rings is 1. The summed E-state index contributed by atoms with van der Waals surface area (Å²) in [5.41, 5.74) is 1.11. The molecule has 1 saturated heterocycles. The van der Waals surface area contributed by atoms with Crippen molar-refractivity contribution < 1.29 is 9.59 Å². The zero-order valence-electron chi connectivity index (χ0n) is 14.3. The molecule has 1 atom stereocenters. The van der Waals surface area contributed by atoms with Crippen LogP contribution in [0.25, 0.3) is 0 Å². The minimum absolute atomic E-state index is 0.0524. The van der Waals surface area contributed by atoms with Gasteiger partial charge in [0.05, 0.1) is 6.04 Å². The Balaban J connectivity index is 1.77. The topological polar surface area (TPSA) is 52.7 Å². The Kier molecular flexibility index (Phi) is 6.16. The lowest BCUT2D eigenvalue weighted by Crippen LogP contribution is -2.49. The predicted molar refractivity (Wildman–Crippen MR) is 90.7 cm³/mol. The summed E-state index contributed by atoms with van der Waals surface area (Å²) in [6.07, 6.45) is 1.62. The van der Waals surface area contributed by atoms with Crippen LogP contribution in [0.3, 0.4) is 0 Å². The van der Waals surface area contributed by atoms with Crippen molar-refractivity contribution in [1.82, 2.24) is 15.1 Å². The number of hydrogen-bond donors (Lipinski definition) is 1. The average Bonchev–Trinajstić information content (AvgIpc) is 2.59. The Labute approximate surface area is 138 Å². The summed E-state index contributed by atoms with van der Waals surface area (Å²) in [5, 5.41) is 3.02. The van der Waals surface area contributed by atoms with Crippen LogP contribution in [0.1, 0.15) is 25.3 Å². The van der Waals surface area contributed by atoms with Crippen LogP contribution >= 0.6 is 0 Å². The molecule has 5 heteroatoms. The van der Waals surface area contributed by atoms with Gasteiger partial charge in [0, 0.05) is 26.6 Å². The Bertz CT molecular complexity index is 522. The molecule has 1 aromatic rings. The first-order valence-corrected chi connectivity index (χ1v) is 8.26. The Hall–Kier alpha value is -1.88.